The zero-order chi connectivity index (χ0) is 22.0. The Labute approximate surface area is 180 Å². The zero-order valence-corrected chi connectivity index (χ0v) is 19.2. The van der Waals surface area contributed by atoms with Crippen LogP contribution < -0.4 is 15.4 Å². The molecule has 2 aromatic rings. The first-order chi connectivity index (χ1) is 14.3. The quantitative estimate of drug-likeness (QED) is 0.342. The summed E-state index contributed by atoms with van der Waals surface area (Å²) in [6.07, 6.45) is 4.30. The highest BCUT2D eigenvalue weighted by molar-refractivity contribution is 7.90. The monoisotopic (exact) mass is 431 g/mol. The summed E-state index contributed by atoms with van der Waals surface area (Å²) >= 11 is 0. The molecule has 0 saturated heterocycles. The van der Waals surface area contributed by atoms with Crippen molar-refractivity contribution in [1.82, 2.24) is 10.6 Å². The van der Waals surface area contributed by atoms with Crippen LogP contribution in [0.15, 0.2) is 52.4 Å². The van der Waals surface area contributed by atoms with E-state index < -0.39 is 9.84 Å². The number of rotatable bonds is 10. The predicted octanol–water partition coefficient (Wildman–Crippen LogP) is 3.49. The average molecular weight is 432 g/mol. The van der Waals surface area contributed by atoms with E-state index in [1.165, 1.54) is 11.8 Å². The van der Waals surface area contributed by atoms with Gasteiger partial charge in [-0.15, -0.1) is 0 Å². The molecule has 0 aliphatic heterocycles. The highest BCUT2D eigenvalue weighted by Crippen LogP contribution is 2.16. The van der Waals surface area contributed by atoms with Gasteiger partial charge in [-0.2, -0.15) is 0 Å². The number of unbranched alkanes of at least 4 members (excludes halogenated alkanes) is 1. The van der Waals surface area contributed by atoms with Gasteiger partial charge in [0.1, 0.15) is 5.75 Å². The van der Waals surface area contributed by atoms with Crippen molar-refractivity contribution >= 4 is 15.8 Å². The summed E-state index contributed by atoms with van der Waals surface area (Å²) in [6, 6.07) is 13.6. The second-order valence-electron chi connectivity index (χ2n) is 7.32. The SMILES string of the molecule is CCCCOc1ccc(CCNC(=NC)NCc2ccc(S(C)(=O)=O)c(C)c2)cc1. The van der Waals surface area contributed by atoms with Crippen molar-refractivity contribution in [1.29, 1.82) is 0 Å². The number of nitrogens with one attached hydrogen (secondary N) is 2. The number of ether oxygens (including phenoxy) is 1. The Morgan fingerprint density at radius 1 is 1.07 bits per heavy atom. The smallest absolute Gasteiger partial charge is 0.191 e. The Morgan fingerprint density at radius 3 is 2.37 bits per heavy atom. The van der Waals surface area contributed by atoms with E-state index in [0.29, 0.717) is 17.4 Å². The Balaban J connectivity index is 1.79. The number of aryl methyl sites for hydroxylation is 1. The zero-order valence-electron chi connectivity index (χ0n) is 18.4. The average Bonchev–Trinajstić information content (AvgIpc) is 2.71. The number of sulfone groups is 1. The lowest BCUT2D eigenvalue weighted by molar-refractivity contribution is 0.309. The molecule has 0 aromatic heterocycles. The third-order valence-corrected chi connectivity index (χ3v) is 5.98. The second kappa shape index (κ2) is 11.6. The van der Waals surface area contributed by atoms with Crippen LogP contribution in [0.2, 0.25) is 0 Å². The fraction of sp³-hybridized carbons (Fsp3) is 0.435. The van der Waals surface area contributed by atoms with Crippen LogP contribution >= 0.6 is 0 Å². The maximum atomic E-state index is 11.7. The van der Waals surface area contributed by atoms with Crippen LogP contribution in [0.25, 0.3) is 0 Å². The molecule has 164 valence electrons. The van der Waals surface area contributed by atoms with Gasteiger partial charge in [-0.1, -0.05) is 37.6 Å². The molecule has 2 N–H and O–H groups in total. The van der Waals surface area contributed by atoms with Gasteiger partial charge >= 0.3 is 0 Å². The highest BCUT2D eigenvalue weighted by Gasteiger charge is 2.11. The molecule has 0 saturated carbocycles. The lowest BCUT2D eigenvalue weighted by Crippen LogP contribution is -2.37. The Kier molecular flexibility index (Phi) is 9.17. The fourth-order valence-electron chi connectivity index (χ4n) is 3.06. The molecule has 6 nitrogen and oxygen atoms in total. The number of benzene rings is 2. The molecule has 0 fully saturated rings. The molecule has 0 aliphatic rings. The molecule has 30 heavy (non-hydrogen) atoms. The highest BCUT2D eigenvalue weighted by atomic mass is 32.2. The molecule has 0 atom stereocenters. The van der Waals surface area contributed by atoms with Gasteiger partial charge in [-0.3, -0.25) is 4.99 Å². The summed E-state index contributed by atoms with van der Waals surface area (Å²) in [5.41, 5.74) is 2.98. The van der Waals surface area contributed by atoms with Gasteiger partial charge in [0, 0.05) is 26.4 Å². The summed E-state index contributed by atoms with van der Waals surface area (Å²) in [5, 5.41) is 6.57. The van der Waals surface area contributed by atoms with Crippen molar-refractivity contribution in [3.63, 3.8) is 0 Å². The first kappa shape index (κ1) is 23.7. The summed E-state index contributed by atoms with van der Waals surface area (Å²) in [5.74, 6) is 1.62. The molecule has 7 heteroatoms. The van der Waals surface area contributed by atoms with Crippen molar-refractivity contribution in [2.75, 3.05) is 26.5 Å². The second-order valence-corrected chi connectivity index (χ2v) is 9.30. The van der Waals surface area contributed by atoms with Gasteiger partial charge < -0.3 is 15.4 Å². The third-order valence-electron chi connectivity index (χ3n) is 4.72. The molecule has 2 aromatic carbocycles. The Hall–Kier alpha value is -2.54. The van der Waals surface area contributed by atoms with Crippen molar-refractivity contribution in [2.45, 2.75) is 44.6 Å². The third kappa shape index (κ3) is 7.71. The van der Waals surface area contributed by atoms with Crippen molar-refractivity contribution in [2.24, 2.45) is 4.99 Å². The minimum Gasteiger partial charge on any atom is -0.494 e. The van der Waals surface area contributed by atoms with Crippen LogP contribution in [0.1, 0.15) is 36.5 Å². The Bertz CT molecular complexity index is 939. The van der Waals surface area contributed by atoms with Gasteiger partial charge in [0.25, 0.3) is 0 Å². The van der Waals surface area contributed by atoms with Gasteiger partial charge in [0.05, 0.1) is 11.5 Å². The fourth-order valence-corrected chi connectivity index (χ4v) is 4.01. The van der Waals surface area contributed by atoms with E-state index in [-0.39, 0.29) is 0 Å². The standard InChI is InChI=1S/C23H33N3O3S/c1-5-6-15-29-21-10-7-19(8-11-21)13-14-25-23(24-3)26-17-20-9-12-22(18(2)16-20)30(4,27)28/h7-12,16H,5-6,13-15,17H2,1-4H3,(H2,24,25,26). The molecule has 0 unspecified atom stereocenters. The minimum atomic E-state index is -3.20. The molecular formula is C23H33N3O3S. The van der Waals surface area contributed by atoms with E-state index >= 15 is 0 Å². The molecule has 0 spiro atoms. The van der Waals surface area contributed by atoms with Gasteiger partial charge in [0.15, 0.2) is 15.8 Å². The van der Waals surface area contributed by atoms with Gasteiger partial charge in [0.2, 0.25) is 0 Å². The summed E-state index contributed by atoms with van der Waals surface area (Å²) in [4.78, 5) is 4.62. The molecule has 2 rings (SSSR count). The predicted molar refractivity (Wildman–Crippen MR) is 123 cm³/mol. The first-order valence-corrected chi connectivity index (χ1v) is 12.2. The van der Waals surface area contributed by atoms with E-state index in [1.54, 1.807) is 13.1 Å². The minimum absolute atomic E-state index is 0.371. The van der Waals surface area contributed by atoms with Crippen molar-refractivity contribution in [3.05, 3.63) is 59.2 Å². The molecule has 0 bridgehead atoms. The lowest BCUT2D eigenvalue weighted by Gasteiger charge is -2.13. The molecular weight excluding hydrogens is 398 g/mol. The van der Waals surface area contributed by atoms with E-state index in [4.69, 9.17) is 4.74 Å². The number of hydrogen-bond donors (Lipinski definition) is 2. The van der Waals surface area contributed by atoms with Gasteiger partial charge in [-0.05, 0) is 54.7 Å². The van der Waals surface area contributed by atoms with E-state index in [0.717, 1.165) is 49.3 Å². The summed E-state index contributed by atoms with van der Waals surface area (Å²) in [6.45, 7) is 6.04. The number of guanidine groups is 1. The normalized spacial score (nSPS) is 11.9. The largest absolute Gasteiger partial charge is 0.494 e. The number of aliphatic imine (C=N–C) groups is 1. The van der Waals surface area contributed by atoms with Crippen LogP contribution in [-0.2, 0) is 22.8 Å². The van der Waals surface area contributed by atoms with E-state index in [1.807, 2.05) is 31.2 Å². The molecule has 0 amide bonds. The molecule has 0 heterocycles. The van der Waals surface area contributed by atoms with E-state index in [2.05, 4.69) is 34.7 Å². The first-order valence-electron chi connectivity index (χ1n) is 10.3. The molecule has 0 aliphatic carbocycles. The Morgan fingerprint density at radius 2 is 1.77 bits per heavy atom. The summed E-state index contributed by atoms with van der Waals surface area (Å²) < 4.78 is 29.2. The van der Waals surface area contributed by atoms with Crippen LogP contribution in [0.3, 0.4) is 0 Å². The number of nitrogens with zero attached hydrogens (tertiary/aromatic N) is 1. The van der Waals surface area contributed by atoms with Crippen LogP contribution in [-0.4, -0.2) is 40.8 Å². The van der Waals surface area contributed by atoms with Crippen molar-refractivity contribution < 1.29 is 13.2 Å². The maximum Gasteiger partial charge on any atom is 0.191 e. The molecule has 0 radical (unpaired) electrons. The summed E-state index contributed by atoms with van der Waals surface area (Å²) in [7, 11) is -1.47. The topological polar surface area (TPSA) is 79.8 Å². The van der Waals surface area contributed by atoms with Crippen LogP contribution in [0.4, 0.5) is 0 Å². The van der Waals surface area contributed by atoms with Crippen LogP contribution in [0, 0.1) is 6.92 Å². The van der Waals surface area contributed by atoms with Crippen LogP contribution in [0.5, 0.6) is 5.75 Å². The lowest BCUT2D eigenvalue weighted by atomic mass is 10.1. The maximum absolute atomic E-state index is 11.7. The number of hydrogen-bond acceptors (Lipinski definition) is 4. The van der Waals surface area contributed by atoms with E-state index in [9.17, 15) is 8.42 Å². The van der Waals surface area contributed by atoms with Crippen molar-refractivity contribution in [3.8, 4) is 5.75 Å². The van der Waals surface area contributed by atoms with Gasteiger partial charge in [-0.25, -0.2) is 8.42 Å².